The van der Waals surface area contributed by atoms with Crippen molar-refractivity contribution in [2.75, 3.05) is 13.1 Å². The lowest BCUT2D eigenvalue weighted by atomic mass is 9.99. The quantitative estimate of drug-likeness (QED) is 0.787. The molecule has 106 valence electrons. The maximum absolute atomic E-state index is 12.3. The van der Waals surface area contributed by atoms with E-state index in [9.17, 15) is 13.2 Å². The van der Waals surface area contributed by atoms with Crippen molar-refractivity contribution < 1.29 is 13.2 Å². The van der Waals surface area contributed by atoms with E-state index in [0.29, 0.717) is 15.7 Å². The Kier molecular flexibility index (Phi) is 4.23. The van der Waals surface area contributed by atoms with E-state index < -0.39 is 9.05 Å². The van der Waals surface area contributed by atoms with Gasteiger partial charge in [-0.25, -0.2) is 8.42 Å². The van der Waals surface area contributed by atoms with E-state index in [1.54, 1.807) is 11.8 Å². The van der Waals surface area contributed by atoms with Crippen LogP contribution < -0.4 is 0 Å². The standard InChI is InChI=1S/C12H16ClNO3S2/c1-8-3-5-14(6-4-8)12(15)10-7-11(9(2)18-10)19(13,16)17/h7-8H,3-6H2,1-2H3. The van der Waals surface area contributed by atoms with Gasteiger partial charge in [0.05, 0.1) is 9.77 Å². The maximum Gasteiger partial charge on any atom is 0.263 e. The first-order valence-electron chi connectivity index (χ1n) is 6.13. The Morgan fingerprint density at radius 3 is 2.47 bits per heavy atom. The van der Waals surface area contributed by atoms with Crippen LogP contribution in [0.3, 0.4) is 0 Å². The summed E-state index contributed by atoms with van der Waals surface area (Å²) in [7, 11) is 1.57. The number of carbonyl (C=O) groups is 1. The predicted octanol–water partition coefficient (Wildman–Crippen LogP) is 2.86. The van der Waals surface area contributed by atoms with Crippen molar-refractivity contribution in [2.24, 2.45) is 5.92 Å². The summed E-state index contributed by atoms with van der Waals surface area (Å²) in [6.07, 6.45) is 1.99. The molecule has 1 fully saturated rings. The third-order valence-electron chi connectivity index (χ3n) is 3.42. The molecule has 19 heavy (non-hydrogen) atoms. The molecule has 1 aromatic heterocycles. The van der Waals surface area contributed by atoms with Gasteiger partial charge in [0, 0.05) is 28.6 Å². The third-order valence-corrected chi connectivity index (χ3v) is 6.03. The Balaban J connectivity index is 2.21. The number of thiophene rings is 1. The molecule has 0 aromatic carbocycles. The number of amides is 1. The molecule has 0 aliphatic carbocycles. The molecule has 0 N–H and O–H groups in total. The highest BCUT2D eigenvalue weighted by Crippen LogP contribution is 2.30. The summed E-state index contributed by atoms with van der Waals surface area (Å²) < 4.78 is 22.7. The largest absolute Gasteiger partial charge is 0.338 e. The summed E-state index contributed by atoms with van der Waals surface area (Å²) in [5.41, 5.74) is 0. The van der Waals surface area contributed by atoms with E-state index >= 15 is 0 Å². The van der Waals surface area contributed by atoms with Gasteiger partial charge in [-0.2, -0.15) is 0 Å². The van der Waals surface area contributed by atoms with Gasteiger partial charge in [-0.1, -0.05) is 6.92 Å². The molecule has 1 aliphatic heterocycles. The highest BCUT2D eigenvalue weighted by atomic mass is 35.7. The second kappa shape index (κ2) is 5.42. The van der Waals surface area contributed by atoms with E-state index in [-0.39, 0.29) is 10.8 Å². The number of hydrogen-bond acceptors (Lipinski definition) is 4. The van der Waals surface area contributed by atoms with Gasteiger partial charge in [-0.3, -0.25) is 4.79 Å². The Labute approximate surface area is 121 Å². The number of nitrogens with zero attached hydrogens (tertiary/aromatic N) is 1. The summed E-state index contributed by atoms with van der Waals surface area (Å²) in [4.78, 5) is 15.1. The lowest BCUT2D eigenvalue weighted by Gasteiger charge is -2.29. The molecular weight excluding hydrogens is 306 g/mol. The van der Waals surface area contributed by atoms with E-state index in [4.69, 9.17) is 10.7 Å². The summed E-state index contributed by atoms with van der Waals surface area (Å²) in [5, 5.41) is 0. The van der Waals surface area contributed by atoms with Crippen LogP contribution >= 0.6 is 22.0 Å². The zero-order valence-electron chi connectivity index (χ0n) is 10.8. The molecule has 1 aromatic rings. The van der Waals surface area contributed by atoms with Gasteiger partial charge in [0.1, 0.15) is 0 Å². The molecule has 2 rings (SSSR count). The smallest absolute Gasteiger partial charge is 0.263 e. The molecule has 0 spiro atoms. The van der Waals surface area contributed by atoms with Crippen LogP contribution in [0.2, 0.25) is 0 Å². The summed E-state index contributed by atoms with van der Waals surface area (Å²) in [6, 6.07) is 1.39. The van der Waals surface area contributed by atoms with Gasteiger partial charge in [0.15, 0.2) is 0 Å². The average Bonchev–Trinajstić information content (AvgIpc) is 2.71. The Bertz CT molecular complexity index is 586. The highest BCUT2D eigenvalue weighted by molar-refractivity contribution is 8.13. The molecule has 7 heteroatoms. The Hall–Kier alpha value is -0.590. The van der Waals surface area contributed by atoms with Gasteiger partial charge >= 0.3 is 0 Å². The van der Waals surface area contributed by atoms with Crippen molar-refractivity contribution in [1.29, 1.82) is 0 Å². The molecule has 1 saturated heterocycles. The van der Waals surface area contributed by atoms with Crippen LogP contribution in [0.25, 0.3) is 0 Å². The van der Waals surface area contributed by atoms with Crippen molar-refractivity contribution in [3.63, 3.8) is 0 Å². The average molecular weight is 322 g/mol. The van der Waals surface area contributed by atoms with Gasteiger partial charge in [-0.05, 0) is 31.7 Å². The van der Waals surface area contributed by atoms with Crippen LogP contribution in [0.15, 0.2) is 11.0 Å². The summed E-state index contributed by atoms with van der Waals surface area (Å²) in [5.74, 6) is 0.555. The van der Waals surface area contributed by atoms with E-state index in [0.717, 1.165) is 25.9 Å². The second-order valence-electron chi connectivity index (χ2n) is 4.94. The molecule has 0 unspecified atom stereocenters. The van der Waals surface area contributed by atoms with Crippen molar-refractivity contribution in [1.82, 2.24) is 4.90 Å². The topological polar surface area (TPSA) is 54.5 Å². The number of carbonyl (C=O) groups excluding carboxylic acids is 1. The van der Waals surface area contributed by atoms with Crippen LogP contribution in [0.5, 0.6) is 0 Å². The zero-order valence-corrected chi connectivity index (χ0v) is 13.2. The second-order valence-corrected chi connectivity index (χ2v) is 8.73. The summed E-state index contributed by atoms with van der Waals surface area (Å²) in [6.45, 7) is 5.31. The molecular formula is C12H16ClNO3S2. The molecule has 0 saturated carbocycles. The molecule has 0 bridgehead atoms. The fourth-order valence-corrected chi connectivity index (χ4v) is 4.81. The molecule has 1 aliphatic rings. The van der Waals surface area contributed by atoms with Crippen LogP contribution in [-0.4, -0.2) is 32.3 Å². The number of piperidine rings is 1. The molecule has 0 radical (unpaired) electrons. The van der Waals surface area contributed by atoms with E-state index in [2.05, 4.69) is 6.92 Å². The van der Waals surface area contributed by atoms with Crippen molar-refractivity contribution in [3.05, 3.63) is 15.8 Å². The van der Waals surface area contributed by atoms with E-state index in [1.165, 1.54) is 17.4 Å². The van der Waals surface area contributed by atoms with Gasteiger partial charge in [0.2, 0.25) is 0 Å². The first kappa shape index (κ1) is 14.8. The first-order valence-corrected chi connectivity index (χ1v) is 9.26. The third kappa shape index (κ3) is 3.30. The number of aryl methyl sites for hydroxylation is 1. The minimum atomic E-state index is -3.77. The lowest BCUT2D eigenvalue weighted by molar-refractivity contribution is 0.0702. The van der Waals surface area contributed by atoms with Gasteiger partial charge in [-0.15, -0.1) is 11.3 Å². The first-order chi connectivity index (χ1) is 8.79. The van der Waals surface area contributed by atoms with E-state index in [1.807, 2.05) is 0 Å². The fraction of sp³-hybridized carbons (Fsp3) is 0.583. The van der Waals surface area contributed by atoms with Crippen LogP contribution in [0, 0.1) is 12.8 Å². The zero-order chi connectivity index (χ0) is 14.2. The predicted molar refractivity (Wildman–Crippen MR) is 76.4 cm³/mol. The minimum absolute atomic E-state index is 0.0490. The molecule has 0 atom stereocenters. The number of hydrogen-bond donors (Lipinski definition) is 0. The van der Waals surface area contributed by atoms with Crippen molar-refractivity contribution in [2.45, 2.75) is 31.6 Å². The number of halogens is 1. The molecule has 2 heterocycles. The van der Waals surface area contributed by atoms with Crippen molar-refractivity contribution >= 4 is 37.0 Å². The summed E-state index contributed by atoms with van der Waals surface area (Å²) >= 11 is 1.19. The fourth-order valence-electron chi connectivity index (χ4n) is 2.18. The Morgan fingerprint density at radius 1 is 1.42 bits per heavy atom. The number of likely N-dealkylation sites (tertiary alicyclic amines) is 1. The van der Waals surface area contributed by atoms with Crippen LogP contribution in [0.1, 0.15) is 34.3 Å². The molecule has 1 amide bonds. The normalized spacial score (nSPS) is 17.7. The SMILES string of the molecule is Cc1sc(C(=O)N2CCC(C)CC2)cc1S(=O)(=O)Cl. The van der Waals surface area contributed by atoms with Gasteiger partial charge in [0.25, 0.3) is 15.0 Å². The van der Waals surface area contributed by atoms with Gasteiger partial charge < -0.3 is 4.90 Å². The van der Waals surface area contributed by atoms with Crippen LogP contribution in [0.4, 0.5) is 0 Å². The van der Waals surface area contributed by atoms with Crippen LogP contribution in [-0.2, 0) is 9.05 Å². The molecule has 4 nitrogen and oxygen atoms in total. The monoisotopic (exact) mass is 321 g/mol. The Morgan fingerprint density at radius 2 is 2.00 bits per heavy atom. The number of rotatable bonds is 2. The minimum Gasteiger partial charge on any atom is -0.338 e. The highest BCUT2D eigenvalue weighted by Gasteiger charge is 2.25. The maximum atomic E-state index is 12.3. The lowest BCUT2D eigenvalue weighted by Crippen LogP contribution is -2.37. The van der Waals surface area contributed by atoms with Crippen molar-refractivity contribution in [3.8, 4) is 0 Å².